The Hall–Kier alpha value is -2.10. The highest BCUT2D eigenvalue weighted by Crippen LogP contribution is 2.38. The van der Waals surface area contributed by atoms with Crippen LogP contribution >= 0.6 is 0 Å². The molecule has 7 nitrogen and oxygen atoms in total. The second kappa shape index (κ2) is 14.2. The number of alkyl halides is 1. The van der Waals surface area contributed by atoms with Crippen LogP contribution in [0.5, 0.6) is 0 Å². The number of rotatable bonds is 14. The molecule has 1 aromatic carbocycles. The number of aliphatic hydroxyl groups is 5. The summed E-state index contributed by atoms with van der Waals surface area (Å²) in [6.45, 7) is -1.74. The predicted octanol–water partition coefficient (Wildman–Crippen LogP) is 2.42. The van der Waals surface area contributed by atoms with Gasteiger partial charge < -0.3 is 30.3 Å². The van der Waals surface area contributed by atoms with Crippen LogP contribution in [0.1, 0.15) is 49.7 Å². The zero-order valence-electron chi connectivity index (χ0n) is 21.3. The fourth-order valence-corrected chi connectivity index (χ4v) is 5.17. The fourth-order valence-electron chi connectivity index (χ4n) is 5.17. The summed E-state index contributed by atoms with van der Waals surface area (Å²) >= 11 is 0. The van der Waals surface area contributed by atoms with Crippen molar-refractivity contribution in [2.45, 2.75) is 69.7 Å². The number of fused-ring (bicyclic) bond motifs is 1. The summed E-state index contributed by atoms with van der Waals surface area (Å²) in [5.74, 6) is -0.683. The maximum absolute atomic E-state index is 14.7. The number of benzene rings is 1. The van der Waals surface area contributed by atoms with Crippen molar-refractivity contribution in [2.24, 2.45) is 17.3 Å². The van der Waals surface area contributed by atoms with E-state index in [1.54, 1.807) is 6.08 Å². The van der Waals surface area contributed by atoms with Crippen molar-refractivity contribution in [3.8, 4) is 0 Å². The second-order valence-electron chi connectivity index (χ2n) is 10.6. The van der Waals surface area contributed by atoms with Gasteiger partial charge in [-0.2, -0.15) is 0 Å². The van der Waals surface area contributed by atoms with E-state index >= 15 is 0 Å². The maximum Gasteiger partial charge on any atom is 0.305 e. The van der Waals surface area contributed by atoms with E-state index in [-0.39, 0.29) is 31.3 Å². The summed E-state index contributed by atoms with van der Waals surface area (Å²) in [5, 5.41) is 49.0. The normalized spacial score (nSPS) is 24.2. The summed E-state index contributed by atoms with van der Waals surface area (Å²) in [6.07, 6.45) is 6.89. The van der Waals surface area contributed by atoms with Crippen LogP contribution in [0.15, 0.2) is 48.1 Å². The van der Waals surface area contributed by atoms with Gasteiger partial charge >= 0.3 is 5.97 Å². The van der Waals surface area contributed by atoms with Gasteiger partial charge in [0.25, 0.3) is 0 Å². The van der Waals surface area contributed by atoms with Gasteiger partial charge in [0, 0.05) is 18.8 Å². The monoisotopic (exact) mass is 520 g/mol. The highest BCUT2D eigenvalue weighted by Gasteiger charge is 2.37. The molecule has 1 saturated carbocycles. The van der Waals surface area contributed by atoms with E-state index in [2.05, 4.69) is 12.1 Å². The molecule has 0 spiro atoms. The van der Waals surface area contributed by atoms with Gasteiger partial charge in [0.15, 0.2) is 0 Å². The van der Waals surface area contributed by atoms with Crippen LogP contribution in [0, 0.1) is 17.3 Å². The molecule has 0 aliphatic heterocycles. The summed E-state index contributed by atoms with van der Waals surface area (Å²) in [5.41, 5.74) is 1.86. The van der Waals surface area contributed by atoms with Crippen molar-refractivity contribution in [3.05, 3.63) is 59.2 Å². The highest BCUT2D eigenvalue weighted by atomic mass is 19.1. The molecule has 2 aliphatic rings. The minimum Gasteiger partial charge on any atom is -0.465 e. The third-order valence-corrected chi connectivity index (χ3v) is 7.78. The van der Waals surface area contributed by atoms with Gasteiger partial charge in [0.05, 0.1) is 37.4 Å². The van der Waals surface area contributed by atoms with E-state index in [4.69, 9.17) is 4.74 Å². The van der Waals surface area contributed by atoms with Crippen LogP contribution in [0.3, 0.4) is 0 Å². The molecule has 0 heterocycles. The van der Waals surface area contributed by atoms with Gasteiger partial charge in [0.1, 0.15) is 12.8 Å². The van der Waals surface area contributed by atoms with Crippen LogP contribution in [0.4, 0.5) is 4.39 Å². The Morgan fingerprint density at radius 3 is 2.38 bits per heavy atom. The van der Waals surface area contributed by atoms with Crippen LogP contribution in [-0.2, 0) is 22.4 Å². The predicted molar refractivity (Wildman–Crippen MR) is 137 cm³/mol. The van der Waals surface area contributed by atoms with Gasteiger partial charge in [-0.05, 0) is 61.1 Å². The fraction of sp³-hybridized carbons (Fsp3) is 0.621. The number of unbranched alkanes of at least 4 members (excludes halogenated alkanes) is 1. The van der Waals surface area contributed by atoms with Crippen molar-refractivity contribution in [3.63, 3.8) is 0 Å². The Bertz CT molecular complexity index is 893. The SMILES string of the molecule is O=C(CCC/C=C\C[C@@H]1/C(=C\C[C@@H](O)C2Cc3ccccc3C2)[C@@H](F)C[C@@H]1O)OCC(CO)(CO)CO. The highest BCUT2D eigenvalue weighted by molar-refractivity contribution is 5.69. The van der Waals surface area contributed by atoms with Gasteiger partial charge in [-0.1, -0.05) is 42.5 Å². The number of halogens is 1. The molecule has 37 heavy (non-hydrogen) atoms. The molecule has 206 valence electrons. The number of allylic oxidation sites excluding steroid dienone is 2. The molecule has 0 unspecified atom stereocenters. The molecule has 2 aliphatic carbocycles. The average Bonchev–Trinajstić information content (AvgIpc) is 3.46. The lowest BCUT2D eigenvalue weighted by Crippen LogP contribution is -2.39. The molecular formula is C29H41FO7. The van der Waals surface area contributed by atoms with E-state index in [9.17, 15) is 34.7 Å². The standard InChI is InChI=1S/C29H41FO7/c30-25-15-27(35)24(9-3-1-2-4-10-28(36)37-19-29(16-31,17-32)18-33)23(25)11-12-26(34)22-13-20-7-5-6-8-21(20)14-22/h1,3,5-8,11,22,24-27,31-35H,2,4,9-10,12-19H2/b3-1-,23-11+/t24-,25+,26-,27+/m1/s1. The molecule has 0 saturated heterocycles. The number of ether oxygens (including phenoxy) is 1. The molecule has 0 bridgehead atoms. The first-order chi connectivity index (χ1) is 17.8. The van der Waals surface area contributed by atoms with Crippen LogP contribution < -0.4 is 0 Å². The molecule has 1 aromatic rings. The number of esters is 1. The van der Waals surface area contributed by atoms with Crippen molar-refractivity contribution in [1.82, 2.24) is 0 Å². The summed E-state index contributed by atoms with van der Waals surface area (Å²) in [7, 11) is 0. The summed E-state index contributed by atoms with van der Waals surface area (Å²) in [6, 6.07) is 8.19. The minimum atomic E-state index is -1.24. The molecule has 1 fully saturated rings. The van der Waals surface area contributed by atoms with E-state index in [0.717, 1.165) is 12.8 Å². The lowest BCUT2D eigenvalue weighted by Gasteiger charge is -2.26. The van der Waals surface area contributed by atoms with Crippen LogP contribution in [-0.4, -0.2) is 76.3 Å². The lowest BCUT2D eigenvalue weighted by atomic mass is 9.92. The lowest BCUT2D eigenvalue weighted by molar-refractivity contribution is -0.151. The van der Waals surface area contributed by atoms with Gasteiger partial charge in [0.2, 0.25) is 0 Å². The average molecular weight is 521 g/mol. The third kappa shape index (κ3) is 7.94. The van der Waals surface area contributed by atoms with E-state index in [1.807, 2.05) is 24.3 Å². The van der Waals surface area contributed by atoms with Crippen LogP contribution in [0.2, 0.25) is 0 Å². The smallest absolute Gasteiger partial charge is 0.305 e. The van der Waals surface area contributed by atoms with Crippen LogP contribution in [0.25, 0.3) is 0 Å². The van der Waals surface area contributed by atoms with Crippen molar-refractivity contribution < 1.29 is 39.5 Å². The molecular weight excluding hydrogens is 479 g/mol. The maximum atomic E-state index is 14.7. The first-order valence-electron chi connectivity index (χ1n) is 13.2. The van der Waals surface area contributed by atoms with E-state index in [1.165, 1.54) is 11.1 Å². The third-order valence-electron chi connectivity index (χ3n) is 7.78. The molecule has 0 aromatic heterocycles. The van der Waals surface area contributed by atoms with Crippen molar-refractivity contribution in [2.75, 3.05) is 26.4 Å². The first kappa shape index (κ1) is 29.5. The number of hydrogen-bond acceptors (Lipinski definition) is 7. The molecule has 0 amide bonds. The molecule has 4 atom stereocenters. The van der Waals surface area contributed by atoms with Gasteiger partial charge in [-0.25, -0.2) is 4.39 Å². The number of carbonyl (C=O) groups is 1. The van der Waals surface area contributed by atoms with Crippen molar-refractivity contribution >= 4 is 5.97 Å². The first-order valence-corrected chi connectivity index (χ1v) is 13.2. The zero-order valence-corrected chi connectivity index (χ0v) is 21.3. The van der Waals surface area contributed by atoms with Crippen molar-refractivity contribution in [1.29, 1.82) is 0 Å². The number of aliphatic hydroxyl groups excluding tert-OH is 5. The second-order valence-corrected chi connectivity index (χ2v) is 10.6. The molecule has 5 N–H and O–H groups in total. The number of carbonyl (C=O) groups excluding carboxylic acids is 1. The largest absolute Gasteiger partial charge is 0.465 e. The van der Waals surface area contributed by atoms with Gasteiger partial charge in [-0.15, -0.1) is 0 Å². The molecule has 3 rings (SSSR count). The molecule has 8 heteroatoms. The summed E-state index contributed by atoms with van der Waals surface area (Å²) < 4.78 is 19.7. The Labute approximate surface area is 218 Å². The molecule has 0 radical (unpaired) electrons. The summed E-state index contributed by atoms with van der Waals surface area (Å²) in [4.78, 5) is 11.9. The Morgan fingerprint density at radius 1 is 1.11 bits per heavy atom. The Balaban J connectivity index is 1.41. The Kier molecular flexibility index (Phi) is 11.3. The minimum absolute atomic E-state index is 0.0676. The quantitative estimate of drug-likeness (QED) is 0.145. The van der Waals surface area contributed by atoms with E-state index in [0.29, 0.717) is 31.3 Å². The Morgan fingerprint density at radius 2 is 1.76 bits per heavy atom. The topological polar surface area (TPSA) is 127 Å². The van der Waals surface area contributed by atoms with Gasteiger partial charge in [-0.3, -0.25) is 4.79 Å². The zero-order chi connectivity index (χ0) is 26.8. The number of hydrogen-bond donors (Lipinski definition) is 5. The van der Waals surface area contributed by atoms with E-state index < -0.39 is 49.6 Å².